The zero-order chi connectivity index (χ0) is 71.8. The van der Waals surface area contributed by atoms with Crippen LogP contribution in [-0.4, -0.2) is 225 Å². The van der Waals surface area contributed by atoms with Gasteiger partial charge in [-0.3, -0.25) is 84.0 Å². The zero-order valence-corrected chi connectivity index (χ0v) is 58.0. The number of amides is 1. The van der Waals surface area contributed by atoms with Crippen LogP contribution in [0.2, 0.25) is 0 Å². The molecular formula is C49H56F2N21NaO25P2S2. The van der Waals surface area contributed by atoms with Gasteiger partial charge in [0.1, 0.15) is 31.0 Å². The van der Waals surface area contributed by atoms with Crippen LogP contribution < -0.4 is 77.2 Å². The van der Waals surface area contributed by atoms with Gasteiger partial charge in [-0.15, -0.1) is 0 Å². The van der Waals surface area contributed by atoms with Crippen molar-refractivity contribution in [1.29, 1.82) is 0 Å². The molecule has 0 spiro atoms. The van der Waals surface area contributed by atoms with Crippen molar-refractivity contribution < 1.29 is 134 Å². The first-order chi connectivity index (χ1) is 48.1. The van der Waals surface area contributed by atoms with E-state index < -0.39 is 214 Å². The molecule has 46 nitrogen and oxygen atoms in total. The Bertz CT molecular complexity index is 5140. The summed E-state index contributed by atoms with van der Waals surface area (Å²) >= 11 is 0. The molecule has 0 saturated carbocycles. The molecule has 4 bridgehead atoms. The van der Waals surface area contributed by atoms with Crippen molar-refractivity contribution in [3.63, 3.8) is 0 Å². The number of ether oxygens (including phenoxy) is 4. The van der Waals surface area contributed by atoms with E-state index in [9.17, 15) is 65.0 Å². The van der Waals surface area contributed by atoms with Crippen molar-refractivity contribution in [2.75, 3.05) is 63.8 Å². The smallest absolute Gasteiger partial charge is 0.756 e. The number of halogens is 2. The van der Waals surface area contributed by atoms with E-state index in [4.69, 9.17) is 62.2 Å². The minimum Gasteiger partial charge on any atom is -0.756 e. The van der Waals surface area contributed by atoms with Crippen molar-refractivity contribution in [2.24, 2.45) is 17.8 Å². The van der Waals surface area contributed by atoms with Gasteiger partial charge in [0.05, 0.1) is 102 Å². The second kappa shape index (κ2) is 29.3. The van der Waals surface area contributed by atoms with Crippen LogP contribution >= 0.6 is 15.6 Å². The maximum atomic E-state index is 16.4. The number of imidazole rings is 4. The fourth-order valence-electron chi connectivity index (χ4n) is 11.9. The molecule has 11 N–H and O–H groups in total. The number of aliphatic hydroxyl groups is 2. The molecule has 6 saturated heterocycles. The number of rotatable bonds is 11. The molecule has 102 heavy (non-hydrogen) atoms. The van der Waals surface area contributed by atoms with Crippen molar-refractivity contribution in [3.05, 3.63) is 90.8 Å². The van der Waals surface area contributed by atoms with E-state index in [0.29, 0.717) is 0 Å². The van der Waals surface area contributed by atoms with Gasteiger partial charge in [-0.05, 0) is 0 Å². The standard InChI is InChI=1S/C28H33FN11O13PS.C21H24FN10O12PS.Na/c1-12(2)23(42)36-28-35-22-19(25(44)37-28)34-11-40(22)27-17-13(6-41)14(51-27)7-49-54(45,48-5-4-30-3)53-20-15(8-50-55(46,47)38-17)52-26(16(20)29)39-10-33-18-21(39)31-9-32-24(18)43;22-10-14-9(43-19(10)31-5-26-12-15(31)24-4-25-17(12)34)3-41-46(38,39)30-11-7(1-33)8(2-40-45(36,37)44-14)42-20(11)32-6-27-13-16(32)28-21(23)29-18(13)35;/h9-17,20,26-27,38,41H,4-8H2,1-2H3,(H,31,32,43)(H2,35,36,37,42,44);4-11,14,19-20,30,33H,1-3H2,(H,36,37)(H,24,25,34)(H3,23,28,29,35);/q;;+1/p-1/t13-,14-,15-,16-,17-,20-,26-,27-,54?;7-,8-,9-,10-,11-,14-,19-,20-;/m11./s1. The Morgan fingerprint density at radius 3 is 1.60 bits per heavy atom. The number of aromatic nitrogens is 16. The fraction of sp³-hybridized carbons (Fsp3) is 0.551. The Morgan fingerprint density at radius 2 is 1.12 bits per heavy atom. The number of phosphoric ester groups is 2. The third kappa shape index (κ3) is 14.7. The molecule has 6 aliphatic heterocycles. The summed E-state index contributed by atoms with van der Waals surface area (Å²) in [6, 6.07) is -2.82. The summed E-state index contributed by atoms with van der Waals surface area (Å²) < 4.78 is 183. The summed E-state index contributed by atoms with van der Waals surface area (Å²) in [5.41, 5.74) is 1.76. The fourth-order valence-corrected chi connectivity index (χ4v) is 16.2. The average Bonchev–Trinajstić information content (AvgIpc) is 1.61. The van der Waals surface area contributed by atoms with Crippen LogP contribution in [0.3, 0.4) is 0 Å². The molecule has 18 atom stereocenters. The Hall–Kier alpha value is -7.26. The van der Waals surface area contributed by atoms with E-state index in [2.05, 4.69) is 79.4 Å². The minimum atomic E-state index is -5.40. The Balaban J connectivity index is 0.000000194. The molecule has 1 amide bonds. The predicted molar refractivity (Wildman–Crippen MR) is 325 cm³/mol. The number of nitrogens with zero attached hydrogens (tertiary/aromatic N) is 13. The second-order valence-corrected chi connectivity index (χ2v) is 29.0. The van der Waals surface area contributed by atoms with Crippen LogP contribution in [0.15, 0.2) is 57.1 Å². The van der Waals surface area contributed by atoms with Gasteiger partial charge in [-0.2, -0.15) is 36.2 Å². The number of hydrogen-bond donors (Lipinski definition) is 10. The maximum Gasteiger partial charge on any atom is 1.00 e. The average molecular weight is 1530 g/mol. The minimum absolute atomic E-state index is 0. The van der Waals surface area contributed by atoms with Gasteiger partial charge in [0.2, 0.25) is 24.3 Å². The summed E-state index contributed by atoms with van der Waals surface area (Å²) in [5, 5.41) is 23.2. The van der Waals surface area contributed by atoms with Crippen LogP contribution in [0.1, 0.15) is 38.8 Å². The number of H-pyrrole nitrogens is 4. The molecule has 0 radical (unpaired) electrons. The first-order valence-electron chi connectivity index (χ1n) is 29.9. The van der Waals surface area contributed by atoms with Crippen LogP contribution in [0.25, 0.3) is 49.5 Å². The van der Waals surface area contributed by atoms with Gasteiger partial charge in [0.15, 0.2) is 81.9 Å². The summed E-state index contributed by atoms with van der Waals surface area (Å²) in [7, 11) is -20.0. The Kier molecular flexibility index (Phi) is 21.4. The number of carbonyl (C=O) groups is 1. The van der Waals surface area contributed by atoms with E-state index in [-0.39, 0.29) is 92.7 Å². The van der Waals surface area contributed by atoms with Crippen LogP contribution in [0, 0.1) is 24.3 Å². The second-order valence-electron chi connectivity index (χ2n) is 23.2. The van der Waals surface area contributed by atoms with Crippen molar-refractivity contribution >= 4 is 98.7 Å². The maximum absolute atomic E-state index is 16.4. The number of carbonyl (C=O) groups excluding carboxylic acids is 1. The zero-order valence-electron chi connectivity index (χ0n) is 52.6. The number of fused-ring (bicyclic) bond motifs is 10. The quantitative estimate of drug-likeness (QED) is 0.0249. The molecule has 14 rings (SSSR count). The number of nitrogen functional groups attached to an aromatic ring is 1. The molecule has 544 valence electrons. The normalized spacial score (nSPS) is 32.5. The molecule has 6 fully saturated rings. The third-order valence-corrected chi connectivity index (χ3v) is 21.1. The number of aromatic amines is 4. The Morgan fingerprint density at radius 1 is 0.676 bits per heavy atom. The van der Waals surface area contributed by atoms with Crippen molar-refractivity contribution in [3.8, 4) is 0 Å². The molecule has 14 heterocycles. The van der Waals surface area contributed by atoms with E-state index in [1.54, 1.807) is 13.8 Å². The van der Waals surface area contributed by atoms with Crippen molar-refractivity contribution in [1.82, 2.24) is 87.5 Å². The predicted octanol–water partition coefficient (Wildman–Crippen LogP) is -7.05. The molecule has 8 aromatic heterocycles. The largest absolute Gasteiger partial charge is 1.00 e. The summed E-state index contributed by atoms with van der Waals surface area (Å²) in [6.07, 6.45) is -14.1. The van der Waals surface area contributed by atoms with Crippen LogP contribution in [0.4, 0.5) is 20.7 Å². The van der Waals surface area contributed by atoms with Gasteiger partial charge in [0.25, 0.3) is 30.1 Å². The first kappa shape index (κ1) is 74.5. The molecular weight excluding hydrogens is 1470 g/mol. The van der Waals surface area contributed by atoms with Crippen LogP contribution in [0.5, 0.6) is 0 Å². The molecule has 2 unspecified atom stereocenters. The molecule has 6 aliphatic rings. The van der Waals surface area contributed by atoms with Gasteiger partial charge in [0, 0.05) is 17.8 Å². The van der Waals surface area contributed by atoms with E-state index in [0.717, 1.165) is 47.1 Å². The summed E-state index contributed by atoms with van der Waals surface area (Å²) in [4.78, 5) is 120. The Labute approximate surface area is 589 Å². The topological polar surface area (TPSA) is 605 Å². The molecule has 0 aromatic carbocycles. The van der Waals surface area contributed by atoms with E-state index in [1.165, 1.54) is 9.13 Å². The number of hydrogen-bond acceptors (Lipinski definition) is 34. The molecule has 53 heteroatoms. The number of aliphatic hydroxyl groups excluding tert-OH is 2. The van der Waals surface area contributed by atoms with E-state index in [1.807, 2.05) is 0 Å². The van der Waals surface area contributed by atoms with Gasteiger partial charge < -0.3 is 63.6 Å². The monoisotopic (exact) mass is 1530 g/mol. The SMILES string of the molecule is Nc1nc2c(ncn2[C@@H]2O[C@@H]3COP(=O)([O-])O[C@H]4[C@@H](F)[C@H](n5cnc6c(=O)[nH]cnc65)O[C@@H]4COS(=O)(=O)N[C@@H]2[C@@H]3CO)c(=O)[nH]1.[C-]#[N+]CCOP1(=O)OC[C@H]2O[C@@H](n3cnc4c(=O)[nH]c(NC(=O)C(C)C)nc43)[C@H](NS(=O)(=O)OC[C@H]3O[C@@H](n4cnc5c(=O)[nH]cnc54)[C@H](F)[C@@H]3O1)[C@@H]2CO.[Na+]. The molecule has 0 aliphatic carbocycles. The summed E-state index contributed by atoms with van der Waals surface area (Å²) in [5.74, 6) is -3.83. The first-order valence-corrected chi connectivity index (χ1v) is 35.6. The molecule has 8 aromatic rings. The van der Waals surface area contributed by atoms with Crippen molar-refractivity contribution in [2.45, 2.75) is 99.8 Å². The number of nitrogens with two attached hydrogens (primary N) is 1. The third-order valence-electron chi connectivity index (χ3n) is 16.6. The van der Waals surface area contributed by atoms with Gasteiger partial charge in [-0.25, -0.2) is 49.8 Å². The van der Waals surface area contributed by atoms with E-state index >= 15 is 8.78 Å². The van der Waals surface area contributed by atoms with Crippen LogP contribution in [-0.2, 0) is 84.5 Å². The number of anilines is 2. The summed E-state index contributed by atoms with van der Waals surface area (Å²) in [6.45, 7) is 4.57. The number of alkyl halides is 2. The van der Waals surface area contributed by atoms with Gasteiger partial charge >= 0.3 is 58.0 Å². The number of phosphoric acid groups is 2. The van der Waals surface area contributed by atoms with Gasteiger partial charge in [-0.1, -0.05) is 13.8 Å². The number of nitrogens with one attached hydrogen (secondary N) is 7.